The molecule has 0 spiro atoms. The normalized spacial score (nSPS) is 18.7. The van der Waals surface area contributed by atoms with Gasteiger partial charge in [0.1, 0.15) is 32.7 Å². The molecular formula is C24H35N3O3+2. The van der Waals surface area contributed by atoms with Crippen molar-refractivity contribution in [2.24, 2.45) is 0 Å². The molecule has 0 aromatic heterocycles. The number of rotatable bonds is 8. The van der Waals surface area contributed by atoms with Crippen molar-refractivity contribution in [2.45, 2.75) is 26.9 Å². The van der Waals surface area contributed by atoms with E-state index in [2.05, 4.69) is 37.4 Å². The predicted octanol–water partition coefficient (Wildman–Crippen LogP) is -0.0796. The van der Waals surface area contributed by atoms with Crippen LogP contribution < -0.4 is 24.6 Å². The van der Waals surface area contributed by atoms with Gasteiger partial charge in [0.05, 0.1) is 14.2 Å². The molecule has 1 amide bonds. The van der Waals surface area contributed by atoms with Gasteiger partial charge in [-0.25, -0.2) is 0 Å². The first-order valence-corrected chi connectivity index (χ1v) is 10.7. The van der Waals surface area contributed by atoms with Gasteiger partial charge in [-0.2, -0.15) is 0 Å². The van der Waals surface area contributed by atoms with Crippen LogP contribution >= 0.6 is 0 Å². The number of piperazine rings is 1. The predicted molar refractivity (Wildman–Crippen MR) is 117 cm³/mol. The molecule has 2 aromatic carbocycles. The SMILES string of the molecule is COc1cc(C)c(C[NH+]2CC[NH+](CC(=O)NCc3ccccc3C)CC2)cc1OC. The maximum Gasteiger partial charge on any atom is 0.275 e. The van der Waals surface area contributed by atoms with Crippen LogP contribution in [0.1, 0.15) is 22.3 Å². The monoisotopic (exact) mass is 413 g/mol. The Balaban J connectivity index is 1.46. The number of ether oxygens (including phenoxy) is 2. The van der Waals surface area contributed by atoms with E-state index in [1.54, 1.807) is 19.1 Å². The third kappa shape index (κ3) is 5.74. The molecule has 6 nitrogen and oxygen atoms in total. The quantitative estimate of drug-likeness (QED) is 0.568. The molecule has 1 aliphatic heterocycles. The molecule has 0 unspecified atom stereocenters. The van der Waals surface area contributed by atoms with E-state index in [1.165, 1.54) is 27.2 Å². The molecule has 1 heterocycles. The van der Waals surface area contributed by atoms with E-state index in [4.69, 9.17) is 9.47 Å². The smallest absolute Gasteiger partial charge is 0.275 e. The second-order valence-corrected chi connectivity index (χ2v) is 8.19. The molecule has 0 atom stereocenters. The number of hydrogen-bond donors (Lipinski definition) is 3. The molecule has 30 heavy (non-hydrogen) atoms. The lowest BCUT2D eigenvalue weighted by Crippen LogP contribution is -3.28. The second-order valence-electron chi connectivity index (χ2n) is 8.19. The van der Waals surface area contributed by atoms with Crippen LogP contribution in [-0.4, -0.2) is 52.9 Å². The number of carbonyl (C=O) groups is 1. The van der Waals surface area contributed by atoms with Crippen molar-refractivity contribution >= 4 is 5.91 Å². The Kier molecular flexibility index (Phi) is 7.71. The zero-order valence-electron chi connectivity index (χ0n) is 18.6. The summed E-state index contributed by atoms with van der Waals surface area (Å²) in [5.41, 5.74) is 4.92. The van der Waals surface area contributed by atoms with E-state index in [0.717, 1.165) is 44.2 Å². The summed E-state index contributed by atoms with van der Waals surface area (Å²) in [5, 5.41) is 3.08. The summed E-state index contributed by atoms with van der Waals surface area (Å²) in [4.78, 5) is 15.3. The van der Waals surface area contributed by atoms with Crippen LogP contribution in [0.25, 0.3) is 0 Å². The highest BCUT2D eigenvalue weighted by Gasteiger charge is 2.25. The minimum atomic E-state index is 0.132. The molecule has 3 N–H and O–H groups in total. The average Bonchev–Trinajstić information content (AvgIpc) is 2.75. The van der Waals surface area contributed by atoms with Crippen LogP contribution in [0.4, 0.5) is 0 Å². The Bertz CT molecular complexity index is 861. The number of carbonyl (C=O) groups excluding carboxylic acids is 1. The molecule has 3 rings (SSSR count). The second kappa shape index (κ2) is 10.5. The summed E-state index contributed by atoms with van der Waals surface area (Å²) in [6, 6.07) is 12.3. The Morgan fingerprint density at radius 3 is 2.20 bits per heavy atom. The van der Waals surface area contributed by atoms with E-state index in [-0.39, 0.29) is 5.91 Å². The minimum Gasteiger partial charge on any atom is -0.493 e. The molecular weight excluding hydrogens is 378 g/mol. The van der Waals surface area contributed by atoms with Gasteiger partial charge in [0.2, 0.25) is 0 Å². The third-order valence-electron chi connectivity index (χ3n) is 6.09. The molecule has 162 valence electrons. The van der Waals surface area contributed by atoms with Gasteiger partial charge in [-0.3, -0.25) is 4.79 Å². The number of quaternary nitrogens is 2. The highest BCUT2D eigenvalue weighted by atomic mass is 16.5. The van der Waals surface area contributed by atoms with Gasteiger partial charge in [-0.05, 0) is 42.7 Å². The Morgan fingerprint density at radius 2 is 1.53 bits per heavy atom. The van der Waals surface area contributed by atoms with Crippen molar-refractivity contribution in [1.29, 1.82) is 0 Å². The van der Waals surface area contributed by atoms with Crippen molar-refractivity contribution in [3.05, 3.63) is 58.7 Å². The fourth-order valence-electron chi connectivity index (χ4n) is 4.08. The molecule has 0 aliphatic carbocycles. The first-order chi connectivity index (χ1) is 14.5. The highest BCUT2D eigenvalue weighted by Crippen LogP contribution is 2.29. The van der Waals surface area contributed by atoms with Crippen LogP contribution in [0.5, 0.6) is 11.5 Å². The zero-order valence-corrected chi connectivity index (χ0v) is 18.6. The minimum absolute atomic E-state index is 0.132. The first kappa shape index (κ1) is 22.1. The molecule has 0 saturated carbocycles. The van der Waals surface area contributed by atoms with Gasteiger partial charge < -0.3 is 24.6 Å². The number of benzene rings is 2. The van der Waals surface area contributed by atoms with Crippen molar-refractivity contribution in [1.82, 2.24) is 5.32 Å². The third-order valence-corrected chi connectivity index (χ3v) is 6.09. The van der Waals surface area contributed by atoms with Gasteiger partial charge in [0.15, 0.2) is 18.0 Å². The summed E-state index contributed by atoms with van der Waals surface area (Å²) >= 11 is 0. The molecule has 1 saturated heterocycles. The molecule has 0 radical (unpaired) electrons. The number of methoxy groups -OCH3 is 2. The maximum atomic E-state index is 12.4. The summed E-state index contributed by atoms with van der Waals surface area (Å²) in [6.07, 6.45) is 0. The van der Waals surface area contributed by atoms with Crippen molar-refractivity contribution in [2.75, 3.05) is 46.9 Å². The Hall–Kier alpha value is -2.57. The van der Waals surface area contributed by atoms with Crippen molar-refractivity contribution in [3.63, 3.8) is 0 Å². The van der Waals surface area contributed by atoms with Gasteiger partial charge >= 0.3 is 0 Å². The topological polar surface area (TPSA) is 56.4 Å². The number of nitrogens with one attached hydrogen (secondary N) is 3. The summed E-state index contributed by atoms with van der Waals surface area (Å²) in [7, 11) is 3.34. The van der Waals surface area contributed by atoms with Crippen LogP contribution in [0.2, 0.25) is 0 Å². The molecule has 2 aromatic rings. The Labute approximate surface area is 179 Å². The molecule has 6 heteroatoms. The number of hydrogen-bond acceptors (Lipinski definition) is 3. The van der Waals surface area contributed by atoms with E-state index < -0.39 is 0 Å². The zero-order chi connectivity index (χ0) is 21.5. The van der Waals surface area contributed by atoms with E-state index in [1.807, 2.05) is 18.2 Å². The maximum absolute atomic E-state index is 12.4. The van der Waals surface area contributed by atoms with Gasteiger partial charge in [0, 0.05) is 12.1 Å². The molecule has 1 aliphatic rings. The number of amides is 1. The van der Waals surface area contributed by atoms with E-state index in [9.17, 15) is 4.79 Å². The van der Waals surface area contributed by atoms with Crippen LogP contribution in [0.3, 0.4) is 0 Å². The van der Waals surface area contributed by atoms with Crippen LogP contribution in [0.15, 0.2) is 36.4 Å². The summed E-state index contributed by atoms with van der Waals surface area (Å²) in [5.74, 6) is 1.69. The van der Waals surface area contributed by atoms with Crippen LogP contribution in [-0.2, 0) is 17.9 Å². The standard InChI is InChI=1S/C24H33N3O3/c1-18-7-5-6-8-20(18)15-25-24(28)17-27-11-9-26(10-12-27)16-21-14-23(30-4)22(29-3)13-19(21)2/h5-8,13-14H,9-12,15-17H2,1-4H3,(H,25,28)/p+2. The largest absolute Gasteiger partial charge is 0.493 e. The average molecular weight is 414 g/mol. The summed E-state index contributed by atoms with van der Waals surface area (Å²) < 4.78 is 10.9. The first-order valence-electron chi connectivity index (χ1n) is 10.7. The van der Waals surface area contributed by atoms with Gasteiger partial charge in [-0.15, -0.1) is 0 Å². The molecule has 1 fully saturated rings. The highest BCUT2D eigenvalue weighted by molar-refractivity contribution is 5.76. The lowest BCUT2D eigenvalue weighted by atomic mass is 10.1. The lowest BCUT2D eigenvalue weighted by molar-refractivity contribution is -1.02. The molecule has 0 bridgehead atoms. The van der Waals surface area contributed by atoms with Crippen molar-refractivity contribution < 1.29 is 24.1 Å². The van der Waals surface area contributed by atoms with Gasteiger partial charge in [0.25, 0.3) is 5.91 Å². The van der Waals surface area contributed by atoms with Gasteiger partial charge in [-0.1, -0.05) is 24.3 Å². The fraction of sp³-hybridized carbons (Fsp3) is 0.458. The Morgan fingerprint density at radius 1 is 0.900 bits per heavy atom. The van der Waals surface area contributed by atoms with E-state index >= 15 is 0 Å². The summed E-state index contributed by atoms with van der Waals surface area (Å²) in [6.45, 7) is 10.5. The van der Waals surface area contributed by atoms with Crippen LogP contribution in [0, 0.1) is 13.8 Å². The lowest BCUT2D eigenvalue weighted by Gasteiger charge is -2.29. The number of aryl methyl sites for hydroxylation is 2. The van der Waals surface area contributed by atoms with E-state index in [0.29, 0.717) is 13.1 Å². The fourth-order valence-corrected chi connectivity index (χ4v) is 4.08. The van der Waals surface area contributed by atoms with Crippen molar-refractivity contribution in [3.8, 4) is 11.5 Å².